The Bertz CT molecular complexity index is 1030. The van der Waals surface area contributed by atoms with Crippen molar-refractivity contribution >= 4 is 11.6 Å². The number of amides is 1. The molecule has 0 bridgehead atoms. The van der Waals surface area contributed by atoms with Gasteiger partial charge in [-0.1, -0.05) is 18.2 Å². The van der Waals surface area contributed by atoms with Crippen LogP contribution >= 0.6 is 0 Å². The van der Waals surface area contributed by atoms with Crippen LogP contribution in [-0.4, -0.2) is 50.5 Å². The number of aromatic nitrogens is 5. The molecule has 28 heavy (non-hydrogen) atoms. The Hall–Kier alpha value is -3.49. The zero-order chi connectivity index (χ0) is 19.5. The average molecular weight is 379 g/mol. The first-order valence-corrected chi connectivity index (χ1v) is 9.13. The molecule has 1 saturated heterocycles. The van der Waals surface area contributed by atoms with Gasteiger partial charge in [0.05, 0.1) is 17.4 Å². The van der Waals surface area contributed by atoms with E-state index in [-0.39, 0.29) is 11.5 Å². The molecule has 1 fully saturated rings. The predicted molar refractivity (Wildman–Crippen MR) is 104 cm³/mol. The minimum absolute atomic E-state index is 0.127. The minimum Gasteiger partial charge on any atom is -0.370 e. The summed E-state index contributed by atoms with van der Waals surface area (Å²) in [6.45, 7) is 2.18. The predicted octanol–water partition coefficient (Wildman–Crippen LogP) is 0.822. The standard InChI is InChI=1S/C19H21N7O2/c1-25-17(27)8-14(10-23-25)26-7-6-13(11-26)9-20-19(28)16-5-3-2-4-15(16)18-21-12-22-24-18/h2-5,8,10,12-13H,6-7,9,11H2,1H3,(H,20,28)(H,21,22,24). The monoisotopic (exact) mass is 379 g/mol. The van der Waals surface area contributed by atoms with Crippen molar-refractivity contribution in [3.63, 3.8) is 0 Å². The van der Waals surface area contributed by atoms with Gasteiger partial charge in [-0.25, -0.2) is 9.67 Å². The fourth-order valence-electron chi connectivity index (χ4n) is 3.42. The molecule has 1 aliphatic heterocycles. The Labute approximate surface area is 161 Å². The maximum absolute atomic E-state index is 12.7. The van der Waals surface area contributed by atoms with Crippen LogP contribution in [0.2, 0.25) is 0 Å². The fourth-order valence-corrected chi connectivity index (χ4v) is 3.42. The number of carbonyl (C=O) groups excluding carboxylic acids is 1. The maximum Gasteiger partial charge on any atom is 0.268 e. The molecule has 0 aliphatic carbocycles. The van der Waals surface area contributed by atoms with Crippen LogP contribution in [0.15, 0.2) is 47.7 Å². The Morgan fingerprint density at radius 2 is 2.21 bits per heavy atom. The average Bonchev–Trinajstić information content (AvgIpc) is 3.40. The number of anilines is 1. The van der Waals surface area contributed by atoms with Crippen LogP contribution < -0.4 is 15.8 Å². The van der Waals surface area contributed by atoms with Crippen LogP contribution in [0.4, 0.5) is 5.69 Å². The van der Waals surface area contributed by atoms with Crippen molar-refractivity contribution in [2.75, 3.05) is 24.5 Å². The highest BCUT2D eigenvalue weighted by molar-refractivity contribution is 6.00. The molecule has 0 radical (unpaired) electrons. The van der Waals surface area contributed by atoms with Crippen LogP contribution in [-0.2, 0) is 7.05 Å². The molecule has 1 amide bonds. The number of aryl methyl sites for hydroxylation is 1. The van der Waals surface area contributed by atoms with Gasteiger partial charge in [0, 0.05) is 38.3 Å². The Balaban J connectivity index is 1.39. The van der Waals surface area contributed by atoms with E-state index in [0.717, 1.165) is 30.8 Å². The van der Waals surface area contributed by atoms with Crippen molar-refractivity contribution in [1.82, 2.24) is 30.3 Å². The van der Waals surface area contributed by atoms with E-state index in [9.17, 15) is 9.59 Å². The number of carbonyl (C=O) groups is 1. The van der Waals surface area contributed by atoms with E-state index in [1.54, 1.807) is 25.4 Å². The van der Waals surface area contributed by atoms with Crippen molar-refractivity contribution in [3.05, 3.63) is 58.8 Å². The highest BCUT2D eigenvalue weighted by Crippen LogP contribution is 2.22. The third-order valence-electron chi connectivity index (χ3n) is 5.00. The van der Waals surface area contributed by atoms with Crippen molar-refractivity contribution < 1.29 is 4.79 Å². The molecule has 2 aromatic heterocycles. The number of rotatable bonds is 5. The molecule has 1 atom stereocenters. The van der Waals surface area contributed by atoms with Gasteiger partial charge in [-0.15, -0.1) is 0 Å². The van der Waals surface area contributed by atoms with Gasteiger partial charge < -0.3 is 10.2 Å². The van der Waals surface area contributed by atoms with Crippen LogP contribution in [0.3, 0.4) is 0 Å². The van der Waals surface area contributed by atoms with Gasteiger partial charge in [0.15, 0.2) is 5.82 Å². The molecule has 1 unspecified atom stereocenters. The number of nitrogens with one attached hydrogen (secondary N) is 2. The highest BCUT2D eigenvalue weighted by atomic mass is 16.1. The molecule has 144 valence electrons. The molecule has 2 N–H and O–H groups in total. The molecule has 9 nitrogen and oxygen atoms in total. The van der Waals surface area contributed by atoms with Gasteiger partial charge in [-0.05, 0) is 18.4 Å². The summed E-state index contributed by atoms with van der Waals surface area (Å²) in [7, 11) is 1.63. The number of aromatic amines is 1. The number of benzene rings is 1. The first-order chi connectivity index (χ1) is 13.6. The van der Waals surface area contributed by atoms with E-state index in [2.05, 4.69) is 30.5 Å². The second-order valence-corrected chi connectivity index (χ2v) is 6.87. The van der Waals surface area contributed by atoms with E-state index >= 15 is 0 Å². The lowest BCUT2D eigenvalue weighted by molar-refractivity contribution is 0.0949. The third-order valence-corrected chi connectivity index (χ3v) is 5.00. The van der Waals surface area contributed by atoms with E-state index in [1.165, 1.54) is 11.0 Å². The summed E-state index contributed by atoms with van der Waals surface area (Å²) in [5.74, 6) is 0.738. The van der Waals surface area contributed by atoms with Gasteiger partial charge in [0.2, 0.25) is 0 Å². The SMILES string of the molecule is Cn1ncc(N2CCC(CNC(=O)c3ccccc3-c3ncn[nH]3)C2)cc1=O. The normalized spacial score (nSPS) is 16.3. The Kier molecular flexibility index (Phi) is 4.88. The van der Waals surface area contributed by atoms with Crippen LogP contribution in [0.5, 0.6) is 0 Å². The summed E-state index contributed by atoms with van der Waals surface area (Å²) < 4.78 is 1.31. The molecular formula is C19H21N7O2. The number of hydrogen-bond donors (Lipinski definition) is 2. The lowest BCUT2D eigenvalue weighted by Crippen LogP contribution is -2.31. The molecule has 1 aliphatic rings. The Morgan fingerprint density at radius 1 is 1.36 bits per heavy atom. The number of H-pyrrole nitrogens is 1. The fraction of sp³-hybridized carbons (Fsp3) is 0.316. The van der Waals surface area contributed by atoms with Gasteiger partial charge in [0.25, 0.3) is 11.5 Å². The molecule has 0 spiro atoms. The molecule has 9 heteroatoms. The molecule has 0 saturated carbocycles. The number of hydrogen-bond acceptors (Lipinski definition) is 6. The molecular weight excluding hydrogens is 358 g/mol. The van der Waals surface area contributed by atoms with Crippen molar-refractivity contribution in [1.29, 1.82) is 0 Å². The summed E-state index contributed by atoms with van der Waals surface area (Å²) in [6.07, 6.45) is 4.07. The smallest absolute Gasteiger partial charge is 0.268 e. The summed E-state index contributed by atoms with van der Waals surface area (Å²) >= 11 is 0. The lowest BCUT2D eigenvalue weighted by Gasteiger charge is -2.18. The second kappa shape index (κ2) is 7.63. The second-order valence-electron chi connectivity index (χ2n) is 6.87. The molecule has 1 aromatic carbocycles. The van der Waals surface area contributed by atoms with Gasteiger partial charge in [-0.2, -0.15) is 10.2 Å². The molecule has 4 rings (SSSR count). The van der Waals surface area contributed by atoms with Crippen molar-refractivity contribution in [2.45, 2.75) is 6.42 Å². The van der Waals surface area contributed by atoms with Crippen LogP contribution in [0, 0.1) is 5.92 Å². The topological polar surface area (TPSA) is 109 Å². The first-order valence-electron chi connectivity index (χ1n) is 9.13. The van der Waals surface area contributed by atoms with Crippen molar-refractivity contribution in [3.8, 4) is 11.4 Å². The Morgan fingerprint density at radius 3 is 3.00 bits per heavy atom. The van der Waals surface area contributed by atoms with E-state index in [4.69, 9.17) is 0 Å². The summed E-state index contributed by atoms with van der Waals surface area (Å²) in [6, 6.07) is 8.91. The minimum atomic E-state index is -0.138. The highest BCUT2D eigenvalue weighted by Gasteiger charge is 2.24. The van der Waals surface area contributed by atoms with Gasteiger partial charge in [-0.3, -0.25) is 14.7 Å². The van der Waals surface area contributed by atoms with Gasteiger partial charge >= 0.3 is 0 Å². The lowest BCUT2D eigenvalue weighted by atomic mass is 10.1. The maximum atomic E-state index is 12.7. The van der Waals surface area contributed by atoms with Crippen LogP contribution in [0.1, 0.15) is 16.8 Å². The largest absolute Gasteiger partial charge is 0.370 e. The van der Waals surface area contributed by atoms with Gasteiger partial charge in [0.1, 0.15) is 6.33 Å². The zero-order valence-corrected chi connectivity index (χ0v) is 15.5. The number of nitrogens with zero attached hydrogens (tertiary/aromatic N) is 5. The third kappa shape index (κ3) is 3.64. The van der Waals surface area contributed by atoms with Crippen molar-refractivity contribution in [2.24, 2.45) is 13.0 Å². The first kappa shape index (κ1) is 17.9. The molecule has 3 heterocycles. The zero-order valence-electron chi connectivity index (χ0n) is 15.5. The summed E-state index contributed by atoms with van der Waals surface area (Å²) in [5.41, 5.74) is 1.98. The quantitative estimate of drug-likeness (QED) is 0.679. The van der Waals surface area contributed by atoms with E-state index < -0.39 is 0 Å². The van der Waals surface area contributed by atoms with E-state index in [1.807, 2.05) is 18.2 Å². The van der Waals surface area contributed by atoms with Crippen LogP contribution in [0.25, 0.3) is 11.4 Å². The summed E-state index contributed by atoms with van der Waals surface area (Å²) in [5, 5.41) is 13.8. The molecule has 3 aromatic rings. The summed E-state index contributed by atoms with van der Waals surface area (Å²) in [4.78, 5) is 30.8. The van der Waals surface area contributed by atoms with E-state index in [0.29, 0.717) is 23.9 Å².